The molecule has 0 aromatic carbocycles. The van der Waals surface area contributed by atoms with Crippen molar-refractivity contribution in [2.24, 2.45) is 0 Å². The van der Waals surface area contributed by atoms with E-state index in [0.717, 1.165) is 28.7 Å². The fourth-order valence-corrected chi connectivity index (χ4v) is 1.77. The summed E-state index contributed by atoms with van der Waals surface area (Å²) in [5.74, 6) is 0.638. The predicted molar refractivity (Wildman–Crippen MR) is 78.1 cm³/mol. The van der Waals surface area contributed by atoms with E-state index >= 15 is 0 Å². The van der Waals surface area contributed by atoms with E-state index in [4.69, 9.17) is 4.74 Å². The van der Waals surface area contributed by atoms with Gasteiger partial charge in [-0.2, -0.15) is 0 Å². The number of rotatable bonds is 5. The van der Waals surface area contributed by atoms with Crippen molar-refractivity contribution in [2.75, 3.05) is 7.11 Å². The van der Waals surface area contributed by atoms with Gasteiger partial charge in [0, 0.05) is 16.8 Å². The molecule has 1 aromatic rings. The lowest BCUT2D eigenvalue weighted by Gasteiger charge is -2.13. The highest BCUT2D eigenvalue weighted by Gasteiger charge is 2.13. The van der Waals surface area contributed by atoms with Gasteiger partial charge in [-0.15, -0.1) is 0 Å². The molecule has 0 fully saturated rings. The third-order valence-corrected chi connectivity index (χ3v) is 2.65. The smallest absolute Gasteiger partial charge is 0.150 e. The predicted octanol–water partition coefficient (Wildman–Crippen LogP) is 3.50. The summed E-state index contributed by atoms with van der Waals surface area (Å²) in [6, 6.07) is 1.90. The summed E-state index contributed by atoms with van der Waals surface area (Å²) in [6.07, 6.45) is 6.15. The molecular weight excluding hydrogens is 238 g/mol. The van der Waals surface area contributed by atoms with Crippen LogP contribution in [-0.4, -0.2) is 18.4 Å². The van der Waals surface area contributed by atoms with E-state index in [1.54, 1.807) is 19.4 Å². The van der Waals surface area contributed by atoms with Crippen molar-refractivity contribution >= 4 is 11.9 Å². The van der Waals surface area contributed by atoms with Gasteiger partial charge in [0.1, 0.15) is 12.0 Å². The van der Waals surface area contributed by atoms with Crippen LogP contribution < -0.4 is 4.74 Å². The monoisotopic (exact) mass is 257 g/mol. The van der Waals surface area contributed by atoms with E-state index in [0.29, 0.717) is 11.3 Å². The molecule has 0 radical (unpaired) electrons. The Balaban J connectivity index is 3.54. The van der Waals surface area contributed by atoms with Gasteiger partial charge in [-0.25, -0.2) is 0 Å². The minimum Gasteiger partial charge on any atom is -0.494 e. The number of hydrogen-bond acceptors (Lipinski definition) is 3. The number of pyridine rings is 1. The van der Waals surface area contributed by atoms with E-state index < -0.39 is 0 Å². The van der Waals surface area contributed by atoms with Crippen molar-refractivity contribution in [2.45, 2.75) is 20.8 Å². The van der Waals surface area contributed by atoms with Gasteiger partial charge < -0.3 is 4.74 Å². The lowest BCUT2D eigenvalue weighted by molar-refractivity contribution is -0.104. The fraction of sp³-hybridized carbons (Fsp3) is 0.250. The molecule has 0 aliphatic rings. The number of aldehydes is 1. The molecular formula is C16H19NO2. The van der Waals surface area contributed by atoms with Crippen LogP contribution in [0, 0.1) is 6.92 Å². The molecule has 0 saturated carbocycles. The van der Waals surface area contributed by atoms with Crippen molar-refractivity contribution < 1.29 is 9.53 Å². The Bertz CT molecular complexity index is 554. The average molecular weight is 257 g/mol. The molecule has 0 saturated heterocycles. The summed E-state index contributed by atoms with van der Waals surface area (Å²) in [4.78, 5) is 15.4. The first kappa shape index (κ1) is 14.9. The largest absolute Gasteiger partial charge is 0.494 e. The maximum Gasteiger partial charge on any atom is 0.150 e. The second kappa shape index (κ2) is 6.69. The van der Waals surface area contributed by atoms with Crippen LogP contribution in [0.4, 0.5) is 0 Å². The molecule has 0 N–H and O–H groups in total. The van der Waals surface area contributed by atoms with Gasteiger partial charge in [0.05, 0.1) is 13.3 Å². The van der Waals surface area contributed by atoms with Crippen LogP contribution >= 0.6 is 0 Å². The van der Waals surface area contributed by atoms with E-state index in [2.05, 4.69) is 11.6 Å². The Hall–Kier alpha value is -2.16. The van der Waals surface area contributed by atoms with Crippen LogP contribution in [0.25, 0.3) is 5.57 Å². The molecule has 0 atom stereocenters. The molecule has 3 heteroatoms. The molecule has 0 aliphatic heterocycles. The highest BCUT2D eigenvalue weighted by Crippen LogP contribution is 2.31. The van der Waals surface area contributed by atoms with E-state index in [1.165, 1.54) is 0 Å². The van der Waals surface area contributed by atoms with Crippen LogP contribution in [0.3, 0.4) is 0 Å². The van der Waals surface area contributed by atoms with Gasteiger partial charge >= 0.3 is 0 Å². The third-order valence-electron chi connectivity index (χ3n) is 2.65. The fourth-order valence-electron chi connectivity index (χ4n) is 1.77. The van der Waals surface area contributed by atoms with Crippen molar-refractivity contribution in [3.8, 4) is 5.75 Å². The standard InChI is InChI=1S/C16H19NO2/c1-6-13(10-18)14(7-11(2)3)15-8-12(4)17-9-16(15)19-5/h6-10H,2H2,1,3-5H3/b13-6-,14-7+. The average Bonchev–Trinajstić information content (AvgIpc) is 2.38. The Kier molecular flexibility index (Phi) is 5.24. The number of aryl methyl sites for hydroxylation is 1. The van der Waals surface area contributed by atoms with E-state index in [9.17, 15) is 4.79 Å². The first-order valence-corrected chi connectivity index (χ1v) is 6.03. The minimum atomic E-state index is 0.604. The van der Waals surface area contributed by atoms with Crippen LogP contribution in [0.1, 0.15) is 25.1 Å². The number of aromatic nitrogens is 1. The van der Waals surface area contributed by atoms with Crippen molar-refractivity contribution in [3.63, 3.8) is 0 Å². The molecule has 19 heavy (non-hydrogen) atoms. The molecule has 1 heterocycles. The number of carbonyl (C=O) groups excluding carboxylic acids is 1. The number of methoxy groups -OCH3 is 1. The zero-order chi connectivity index (χ0) is 14.4. The first-order valence-electron chi connectivity index (χ1n) is 6.03. The number of ether oxygens (including phenoxy) is 1. The molecule has 0 unspecified atom stereocenters. The normalized spacial score (nSPS) is 12.2. The number of nitrogens with zero attached hydrogens (tertiary/aromatic N) is 1. The number of allylic oxidation sites excluding steroid dienone is 5. The number of carbonyl (C=O) groups is 1. The molecule has 100 valence electrons. The molecule has 0 spiro atoms. The topological polar surface area (TPSA) is 39.2 Å². The third kappa shape index (κ3) is 3.65. The van der Waals surface area contributed by atoms with E-state index in [-0.39, 0.29) is 0 Å². The molecule has 1 aromatic heterocycles. The molecule has 0 bridgehead atoms. The summed E-state index contributed by atoms with van der Waals surface area (Å²) in [6.45, 7) is 9.49. The maximum absolute atomic E-state index is 11.2. The van der Waals surface area contributed by atoms with Gasteiger partial charge in [-0.05, 0) is 32.4 Å². The second-order valence-electron chi connectivity index (χ2n) is 4.29. The Morgan fingerprint density at radius 3 is 2.63 bits per heavy atom. The van der Waals surface area contributed by atoms with Gasteiger partial charge in [0.25, 0.3) is 0 Å². The van der Waals surface area contributed by atoms with Gasteiger partial charge in [-0.3, -0.25) is 9.78 Å². The highest BCUT2D eigenvalue weighted by molar-refractivity contribution is 6.00. The second-order valence-corrected chi connectivity index (χ2v) is 4.29. The Morgan fingerprint density at radius 2 is 2.16 bits per heavy atom. The minimum absolute atomic E-state index is 0.604. The zero-order valence-electron chi connectivity index (χ0n) is 11.9. The quantitative estimate of drug-likeness (QED) is 0.460. The number of hydrogen-bond donors (Lipinski definition) is 0. The van der Waals surface area contributed by atoms with Gasteiger partial charge in [0.15, 0.2) is 0 Å². The summed E-state index contributed by atoms with van der Waals surface area (Å²) in [5.41, 5.74) is 3.98. The lowest BCUT2D eigenvalue weighted by Crippen LogP contribution is -1.98. The summed E-state index contributed by atoms with van der Waals surface area (Å²) < 4.78 is 5.33. The van der Waals surface area contributed by atoms with Gasteiger partial charge in [0.2, 0.25) is 0 Å². The van der Waals surface area contributed by atoms with Crippen LogP contribution in [-0.2, 0) is 4.79 Å². The van der Waals surface area contributed by atoms with Crippen molar-refractivity contribution in [3.05, 3.63) is 53.4 Å². The van der Waals surface area contributed by atoms with Crippen LogP contribution in [0.2, 0.25) is 0 Å². The maximum atomic E-state index is 11.2. The molecule has 0 aliphatic carbocycles. The van der Waals surface area contributed by atoms with Crippen LogP contribution in [0.5, 0.6) is 5.75 Å². The summed E-state index contributed by atoms with van der Waals surface area (Å²) in [7, 11) is 1.59. The lowest BCUT2D eigenvalue weighted by atomic mass is 9.96. The first-order chi connectivity index (χ1) is 9.03. The molecule has 0 amide bonds. The molecule has 1 rings (SSSR count). The van der Waals surface area contributed by atoms with Crippen molar-refractivity contribution in [1.29, 1.82) is 0 Å². The Morgan fingerprint density at radius 1 is 1.47 bits per heavy atom. The van der Waals surface area contributed by atoms with Crippen LogP contribution in [0.15, 0.2) is 42.1 Å². The SMILES string of the molecule is C=C(C)/C=C(\C(C=O)=C/C)c1cc(C)ncc1OC. The van der Waals surface area contributed by atoms with Crippen molar-refractivity contribution in [1.82, 2.24) is 4.98 Å². The van der Waals surface area contributed by atoms with E-state index in [1.807, 2.05) is 32.9 Å². The van der Waals surface area contributed by atoms with Gasteiger partial charge in [-0.1, -0.05) is 24.3 Å². The molecule has 3 nitrogen and oxygen atoms in total. The summed E-state index contributed by atoms with van der Waals surface area (Å²) in [5, 5.41) is 0. The summed E-state index contributed by atoms with van der Waals surface area (Å²) >= 11 is 0. The Labute approximate surface area is 114 Å². The highest BCUT2D eigenvalue weighted by atomic mass is 16.5. The zero-order valence-corrected chi connectivity index (χ0v) is 11.9.